The molecule has 19 heavy (non-hydrogen) atoms. The molecular formula is C10H26ClN3O4S. The second-order valence-corrected chi connectivity index (χ2v) is 6.25. The van der Waals surface area contributed by atoms with Crippen molar-refractivity contribution in [1.82, 2.24) is 9.03 Å². The van der Waals surface area contributed by atoms with Gasteiger partial charge in [-0.25, -0.2) is 0 Å². The predicted molar refractivity (Wildman–Crippen MR) is 77.8 cm³/mol. The summed E-state index contributed by atoms with van der Waals surface area (Å²) in [4.78, 5) is 0. The van der Waals surface area contributed by atoms with E-state index >= 15 is 0 Å². The number of nitrogens with one attached hydrogen (secondary N) is 1. The molecule has 9 heteroatoms. The highest BCUT2D eigenvalue weighted by molar-refractivity contribution is 7.87. The summed E-state index contributed by atoms with van der Waals surface area (Å²) in [7, 11) is -0.541. The van der Waals surface area contributed by atoms with Crippen LogP contribution in [-0.4, -0.2) is 65.3 Å². The van der Waals surface area contributed by atoms with E-state index in [2.05, 4.69) is 4.72 Å². The number of nitrogens with two attached hydrogens (primary N) is 1. The number of methoxy groups -OCH3 is 2. The van der Waals surface area contributed by atoms with Crippen LogP contribution in [0, 0.1) is 0 Å². The zero-order chi connectivity index (χ0) is 14.2. The van der Waals surface area contributed by atoms with Crippen LogP contribution in [0.15, 0.2) is 0 Å². The van der Waals surface area contributed by atoms with Crippen LogP contribution in [0.4, 0.5) is 0 Å². The van der Waals surface area contributed by atoms with Crippen molar-refractivity contribution in [3.8, 4) is 0 Å². The van der Waals surface area contributed by atoms with Gasteiger partial charge in [0.15, 0.2) is 0 Å². The molecule has 0 rings (SSSR count). The number of hydrogen-bond donors (Lipinski definition) is 2. The number of nitrogens with zero attached hydrogens (tertiary/aromatic N) is 1. The fraction of sp³-hybridized carbons (Fsp3) is 1.00. The van der Waals surface area contributed by atoms with Gasteiger partial charge in [0.1, 0.15) is 0 Å². The number of halogens is 1. The highest BCUT2D eigenvalue weighted by Gasteiger charge is 2.28. The van der Waals surface area contributed by atoms with E-state index < -0.39 is 15.7 Å². The third-order valence-corrected chi connectivity index (χ3v) is 4.20. The lowest BCUT2D eigenvalue weighted by molar-refractivity contribution is 0.149. The fourth-order valence-electron chi connectivity index (χ4n) is 1.19. The molecule has 0 aromatic carbocycles. The Hall–Kier alpha value is 0.0400. The van der Waals surface area contributed by atoms with Gasteiger partial charge >= 0.3 is 0 Å². The van der Waals surface area contributed by atoms with Crippen molar-refractivity contribution in [1.29, 1.82) is 0 Å². The van der Waals surface area contributed by atoms with E-state index in [1.807, 2.05) is 0 Å². The topological polar surface area (TPSA) is 93.9 Å². The van der Waals surface area contributed by atoms with Gasteiger partial charge in [-0.3, -0.25) is 0 Å². The Balaban J connectivity index is 0. The molecule has 0 saturated carbocycles. The summed E-state index contributed by atoms with van der Waals surface area (Å²) in [6.45, 7) is 4.88. The van der Waals surface area contributed by atoms with Gasteiger partial charge in [-0.2, -0.15) is 17.4 Å². The van der Waals surface area contributed by atoms with Crippen LogP contribution < -0.4 is 10.5 Å². The Kier molecular flexibility index (Phi) is 11.1. The monoisotopic (exact) mass is 319 g/mol. The normalized spacial score (nSPS) is 12.5. The van der Waals surface area contributed by atoms with Gasteiger partial charge in [-0.05, 0) is 13.8 Å². The summed E-state index contributed by atoms with van der Waals surface area (Å²) in [6.07, 6.45) is 0. The molecule has 3 N–H and O–H groups in total. The quantitative estimate of drug-likeness (QED) is 0.570. The first-order chi connectivity index (χ1) is 8.29. The van der Waals surface area contributed by atoms with Gasteiger partial charge in [0.25, 0.3) is 10.2 Å². The lowest BCUT2D eigenvalue weighted by Gasteiger charge is -2.29. The number of rotatable bonds is 10. The minimum absolute atomic E-state index is 0. The highest BCUT2D eigenvalue weighted by Crippen LogP contribution is 2.06. The minimum Gasteiger partial charge on any atom is -0.383 e. The Morgan fingerprint density at radius 3 is 1.89 bits per heavy atom. The molecule has 118 valence electrons. The van der Waals surface area contributed by atoms with Gasteiger partial charge in [-0.1, -0.05) is 0 Å². The number of hydrogen-bond acceptors (Lipinski definition) is 5. The Morgan fingerprint density at radius 2 is 1.58 bits per heavy atom. The first-order valence-electron chi connectivity index (χ1n) is 5.76. The third-order valence-electron chi connectivity index (χ3n) is 2.35. The van der Waals surface area contributed by atoms with Crippen LogP contribution in [0.25, 0.3) is 0 Å². The smallest absolute Gasteiger partial charge is 0.280 e. The molecule has 0 atom stereocenters. The molecule has 0 aliphatic rings. The van der Waals surface area contributed by atoms with Crippen LogP contribution in [0.2, 0.25) is 0 Å². The second-order valence-electron chi connectivity index (χ2n) is 4.58. The molecule has 0 aliphatic carbocycles. The summed E-state index contributed by atoms with van der Waals surface area (Å²) in [5.74, 6) is 0. The van der Waals surface area contributed by atoms with Crippen LogP contribution in [-0.2, 0) is 19.7 Å². The maximum atomic E-state index is 12.2. The molecule has 0 aliphatic heterocycles. The maximum Gasteiger partial charge on any atom is 0.280 e. The van der Waals surface area contributed by atoms with E-state index in [9.17, 15) is 8.42 Å². The van der Waals surface area contributed by atoms with Gasteiger partial charge < -0.3 is 15.2 Å². The zero-order valence-corrected chi connectivity index (χ0v) is 13.6. The molecule has 0 unspecified atom stereocenters. The van der Waals surface area contributed by atoms with E-state index in [0.29, 0.717) is 13.2 Å². The van der Waals surface area contributed by atoms with Crippen LogP contribution in [0.3, 0.4) is 0 Å². The molecule has 0 aromatic heterocycles. The first kappa shape index (κ1) is 21.3. The Labute approximate surface area is 122 Å². The summed E-state index contributed by atoms with van der Waals surface area (Å²) >= 11 is 0. The van der Waals surface area contributed by atoms with Gasteiger partial charge in [-0.15, -0.1) is 12.4 Å². The van der Waals surface area contributed by atoms with Gasteiger partial charge in [0.2, 0.25) is 0 Å². The average Bonchev–Trinajstić information content (AvgIpc) is 2.27. The van der Waals surface area contributed by atoms with E-state index in [1.165, 1.54) is 18.5 Å². The molecule has 0 fully saturated rings. The Bertz CT molecular complexity index is 317. The molecule has 0 spiro atoms. The zero-order valence-electron chi connectivity index (χ0n) is 12.0. The molecular weight excluding hydrogens is 294 g/mol. The van der Waals surface area contributed by atoms with E-state index in [1.54, 1.807) is 13.8 Å². The van der Waals surface area contributed by atoms with E-state index in [4.69, 9.17) is 15.2 Å². The summed E-state index contributed by atoms with van der Waals surface area (Å²) in [6, 6.07) is 0. The van der Waals surface area contributed by atoms with Crippen molar-refractivity contribution in [3.63, 3.8) is 0 Å². The van der Waals surface area contributed by atoms with Crippen molar-refractivity contribution in [2.24, 2.45) is 5.73 Å². The standard InChI is InChI=1S/C10H25N3O4S.ClH/c1-10(2,9-11)12-18(14,15)13(5-7-16-3)6-8-17-4;/h12H,5-9,11H2,1-4H3;1H. The molecule has 0 amide bonds. The lowest BCUT2D eigenvalue weighted by Crippen LogP contribution is -2.54. The molecule has 0 radical (unpaired) electrons. The van der Waals surface area contributed by atoms with Crippen molar-refractivity contribution in [2.45, 2.75) is 19.4 Å². The van der Waals surface area contributed by atoms with Crippen LogP contribution in [0.1, 0.15) is 13.8 Å². The molecule has 0 saturated heterocycles. The third kappa shape index (κ3) is 8.74. The maximum absolute atomic E-state index is 12.2. The van der Waals surface area contributed by atoms with Gasteiger partial charge in [0.05, 0.1) is 13.2 Å². The lowest BCUT2D eigenvalue weighted by atomic mass is 10.1. The SMILES string of the molecule is COCCN(CCOC)S(=O)(=O)NC(C)(C)CN.Cl. The molecule has 0 aromatic rings. The molecule has 0 heterocycles. The summed E-state index contributed by atoms with van der Waals surface area (Å²) in [5, 5.41) is 0. The fourth-order valence-corrected chi connectivity index (χ4v) is 2.73. The Morgan fingerprint density at radius 1 is 1.16 bits per heavy atom. The summed E-state index contributed by atoms with van der Waals surface area (Å²) in [5.41, 5.74) is 4.84. The highest BCUT2D eigenvalue weighted by atomic mass is 35.5. The van der Waals surface area contributed by atoms with E-state index in [-0.39, 0.29) is 32.0 Å². The van der Waals surface area contributed by atoms with Gasteiger partial charge in [0, 0.05) is 39.4 Å². The summed E-state index contributed by atoms with van der Waals surface area (Å²) < 4.78 is 38.0. The van der Waals surface area contributed by atoms with Crippen molar-refractivity contribution in [2.75, 3.05) is 47.1 Å². The van der Waals surface area contributed by atoms with Crippen molar-refractivity contribution < 1.29 is 17.9 Å². The predicted octanol–water partition coefficient (Wildman–Crippen LogP) is -0.425. The first-order valence-corrected chi connectivity index (χ1v) is 7.20. The van der Waals surface area contributed by atoms with Crippen molar-refractivity contribution >= 4 is 22.6 Å². The van der Waals surface area contributed by atoms with Crippen molar-refractivity contribution in [3.05, 3.63) is 0 Å². The second kappa shape index (κ2) is 9.87. The van der Waals surface area contributed by atoms with Crippen LogP contribution in [0.5, 0.6) is 0 Å². The minimum atomic E-state index is -3.59. The van der Waals surface area contributed by atoms with Crippen LogP contribution >= 0.6 is 12.4 Å². The van der Waals surface area contributed by atoms with E-state index in [0.717, 1.165) is 0 Å². The largest absolute Gasteiger partial charge is 0.383 e. The molecule has 7 nitrogen and oxygen atoms in total. The average molecular weight is 320 g/mol. The molecule has 0 bridgehead atoms. The number of ether oxygens (including phenoxy) is 2.